The van der Waals surface area contributed by atoms with Crippen LogP contribution in [0, 0.1) is 24.0 Å². The standard InChI is InChI=1S/C36H37F3N6O3/c1-4-23-26(38)8-7-20-13-22(46)14-24(27(20)23)28-30(39)32-29(25(16-41-3)31(28)40)33(44-11-5-9-35(2,47)18-44)43-34(42-32)48-19-36-10-6-12-45(36)17-21(37)15-36/h1,7-8,13-14,16,21,46-47H,5-6,9-12,15,17-19,40H2,2-3H3/p+1/t21-,35-,36+/m1/s1. The lowest BCUT2D eigenvalue weighted by atomic mass is 9.89. The number of fused-ring (bicyclic) bond motifs is 3. The fourth-order valence-corrected chi connectivity index (χ4v) is 8.00. The number of nitrogen functional groups attached to an aromatic ring is 1. The van der Waals surface area contributed by atoms with Gasteiger partial charge in [0.1, 0.15) is 42.7 Å². The Kier molecular flexibility index (Phi) is 7.88. The Morgan fingerprint density at radius 2 is 1.98 bits per heavy atom. The number of nitrogens with zero attached hydrogens (tertiary/aromatic N) is 4. The van der Waals surface area contributed by atoms with Crippen molar-refractivity contribution < 1.29 is 33.1 Å². The highest BCUT2D eigenvalue weighted by molar-refractivity contribution is 6.14. The first-order valence-electron chi connectivity index (χ1n) is 16.2. The van der Waals surface area contributed by atoms with Crippen LogP contribution < -0.4 is 20.4 Å². The maximum Gasteiger partial charge on any atom is 0.319 e. The van der Waals surface area contributed by atoms with Crippen LogP contribution in [0.3, 0.4) is 0 Å². The number of benzene rings is 3. The van der Waals surface area contributed by atoms with E-state index in [4.69, 9.17) is 21.9 Å². The first kappa shape index (κ1) is 32.0. The smallest absolute Gasteiger partial charge is 0.319 e. The van der Waals surface area contributed by atoms with E-state index in [1.807, 2.05) is 4.90 Å². The summed E-state index contributed by atoms with van der Waals surface area (Å²) in [5.41, 5.74) is 5.32. The normalized spacial score (nSPS) is 24.5. The Labute approximate surface area is 276 Å². The SMILES string of the molecule is C#Cc1c(F)ccc2cc(O)cc(-c3c(N)c(C=[NH+]C)c4c(N5CCC[C@@](C)(O)C5)nc(OC[C@@]56CCCN5C[C@H](F)C6)nc4c3F)c12. The molecule has 9 nitrogen and oxygen atoms in total. The van der Waals surface area contributed by atoms with Gasteiger partial charge in [0.15, 0.2) is 12.0 Å². The minimum absolute atomic E-state index is 0.0174. The zero-order valence-corrected chi connectivity index (χ0v) is 26.9. The van der Waals surface area contributed by atoms with Gasteiger partial charge in [0.25, 0.3) is 0 Å². The van der Waals surface area contributed by atoms with Gasteiger partial charge in [-0.25, -0.2) is 13.2 Å². The molecule has 0 radical (unpaired) electrons. The zero-order chi connectivity index (χ0) is 34.0. The van der Waals surface area contributed by atoms with Crippen molar-refractivity contribution in [3.8, 4) is 35.2 Å². The number of terminal acetylenes is 1. The van der Waals surface area contributed by atoms with Crippen LogP contribution in [0.4, 0.5) is 24.7 Å². The number of anilines is 2. The summed E-state index contributed by atoms with van der Waals surface area (Å²) in [6.07, 6.45) is 9.61. The molecule has 3 aliphatic rings. The monoisotopic (exact) mass is 659 g/mol. The summed E-state index contributed by atoms with van der Waals surface area (Å²) in [6.45, 7) is 3.71. The Morgan fingerprint density at radius 3 is 2.73 bits per heavy atom. The van der Waals surface area contributed by atoms with Crippen LogP contribution in [0.5, 0.6) is 11.8 Å². The third kappa shape index (κ3) is 5.25. The molecule has 48 heavy (non-hydrogen) atoms. The molecular formula is C36H38F3N6O3+. The first-order valence-corrected chi connectivity index (χ1v) is 16.2. The largest absolute Gasteiger partial charge is 0.508 e. The van der Waals surface area contributed by atoms with E-state index in [-0.39, 0.29) is 63.6 Å². The van der Waals surface area contributed by atoms with Gasteiger partial charge in [-0.3, -0.25) is 9.89 Å². The summed E-state index contributed by atoms with van der Waals surface area (Å²) in [4.78, 5) is 16.4. The van der Waals surface area contributed by atoms with Gasteiger partial charge in [0, 0.05) is 37.0 Å². The maximum absolute atomic E-state index is 17.3. The van der Waals surface area contributed by atoms with Crippen LogP contribution in [0.1, 0.15) is 50.2 Å². The van der Waals surface area contributed by atoms with Gasteiger partial charge in [-0.2, -0.15) is 9.97 Å². The number of aliphatic hydroxyl groups is 1. The topological polar surface area (TPSA) is 122 Å². The van der Waals surface area contributed by atoms with Crippen molar-refractivity contribution in [2.75, 3.05) is 50.5 Å². The number of rotatable bonds is 6. The number of nitrogens with one attached hydrogen (secondary N) is 1. The third-order valence-electron chi connectivity index (χ3n) is 10.1. The average molecular weight is 660 g/mol. The van der Waals surface area contributed by atoms with Crippen molar-refractivity contribution in [3.05, 3.63) is 47.0 Å². The second kappa shape index (κ2) is 11.8. The molecule has 0 aliphatic carbocycles. The van der Waals surface area contributed by atoms with Crippen LogP contribution in [0.2, 0.25) is 0 Å². The highest BCUT2D eigenvalue weighted by atomic mass is 19.1. The number of phenolic OH excluding ortho intramolecular Hbond substituents is 1. The number of alkyl halides is 1. The number of nitrogens with two attached hydrogens (primary N) is 1. The van der Waals surface area contributed by atoms with Crippen LogP contribution >= 0.6 is 0 Å². The fourth-order valence-electron chi connectivity index (χ4n) is 8.00. The molecule has 0 unspecified atom stereocenters. The van der Waals surface area contributed by atoms with E-state index >= 15 is 8.78 Å². The Balaban J connectivity index is 1.49. The quantitative estimate of drug-likeness (QED) is 0.141. The highest BCUT2D eigenvalue weighted by Crippen LogP contribution is 2.46. The number of piperidine rings is 1. The highest BCUT2D eigenvalue weighted by Gasteiger charge is 2.49. The predicted molar refractivity (Wildman–Crippen MR) is 179 cm³/mol. The molecule has 0 saturated carbocycles. The minimum Gasteiger partial charge on any atom is -0.508 e. The van der Waals surface area contributed by atoms with E-state index in [1.54, 1.807) is 20.2 Å². The van der Waals surface area contributed by atoms with Crippen LogP contribution in [-0.2, 0) is 0 Å². The van der Waals surface area contributed by atoms with Crippen molar-refractivity contribution in [3.63, 3.8) is 0 Å². The molecule has 1 aromatic heterocycles. The van der Waals surface area contributed by atoms with Gasteiger partial charge in [0.2, 0.25) is 0 Å². The third-order valence-corrected chi connectivity index (χ3v) is 10.1. The molecule has 0 bridgehead atoms. The Morgan fingerprint density at radius 1 is 1.19 bits per heavy atom. The number of aromatic hydroxyl groups is 1. The lowest BCUT2D eigenvalue weighted by molar-refractivity contribution is -0.413. The lowest BCUT2D eigenvalue weighted by Crippen LogP contribution is -2.63. The van der Waals surface area contributed by atoms with Crippen LogP contribution in [-0.4, -0.2) is 88.4 Å². The molecule has 3 fully saturated rings. The first-order chi connectivity index (χ1) is 22.9. The van der Waals surface area contributed by atoms with E-state index in [0.29, 0.717) is 49.1 Å². The van der Waals surface area contributed by atoms with Crippen molar-refractivity contribution in [2.45, 2.75) is 56.3 Å². The summed E-state index contributed by atoms with van der Waals surface area (Å²) in [5, 5.41) is 22.6. The number of halogens is 3. The van der Waals surface area contributed by atoms with Crippen LogP contribution in [0.15, 0.2) is 24.3 Å². The fraction of sp³-hybridized carbons (Fsp3) is 0.417. The number of hydrogen-bond donors (Lipinski definition) is 4. The number of aromatic nitrogens is 2. The second-order valence-corrected chi connectivity index (χ2v) is 13.5. The molecule has 0 amide bonds. The molecule has 0 spiro atoms. The molecule has 5 N–H and O–H groups in total. The van der Waals surface area contributed by atoms with E-state index in [0.717, 1.165) is 19.4 Å². The number of hydrogen-bond acceptors (Lipinski definition) is 8. The molecule has 7 rings (SSSR count). The van der Waals surface area contributed by atoms with Gasteiger partial charge in [0.05, 0.1) is 33.3 Å². The summed E-state index contributed by atoms with van der Waals surface area (Å²) in [7, 11) is 1.67. The van der Waals surface area contributed by atoms with Crippen molar-refractivity contribution >= 4 is 39.4 Å². The van der Waals surface area contributed by atoms with E-state index in [9.17, 15) is 14.6 Å². The molecule has 3 aromatic carbocycles. The number of ether oxygens (including phenoxy) is 1. The molecule has 4 aromatic rings. The minimum atomic E-state index is -1.03. The molecule has 3 saturated heterocycles. The van der Waals surface area contributed by atoms with E-state index in [1.165, 1.54) is 24.3 Å². The van der Waals surface area contributed by atoms with Crippen molar-refractivity contribution in [2.24, 2.45) is 0 Å². The Bertz CT molecular complexity index is 2030. The lowest BCUT2D eigenvalue weighted by Gasteiger charge is -2.38. The number of β-amino-alcohol motifs (C(OH)–C–C–N with tert-alkyl or cyclic N) is 1. The molecule has 3 aliphatic heterocycles. The van der Waals surface area contributed by atoms with Gasteiger partial charge in [-0.1, -0.05) is 12.0 Å². The van der Waals surface area contributed by atoms with Crippen LogP contribution in [0.25, 0.3) is 32.8 Å². The molecule has 4 heterocycles. The van der Waals surface area contributed by atoms with Gasteiger partial charge in [-0.05, 0) is 68.3 Å². The molecular weight excluding hydrogens is 621 g/mol. The summed E-state index contributed by atoms with van der Waals surface area (Å²) >= 11 is 0. The zero-order valence-electron chi connectivity index (χ0n) is 26.9. The van der Waals surface area contributed by atoms with Gasteiger partial charge >= 0.3 is 6.01 Å². The average Bonchev–Trinajstić information content (AvgIpc) is 3.57. The summed E-state index contributed by atoms with van der Waals surface area (Å²) in [6, 6.07) is 5.26. The summed E-state index contributed by atoms with van der Waals surface area (Å²) in [5.74, 6) is 0.961. The van der Waals surface area contributed by atoms with Gasteiger partial charge in [-0.15, -0.1) is 6.42 Å². The maximum atomic E-state index is 17.3. The second-order valence-electron chi connectivity index (χ2n) is 13.5. The van der Waals surface area contributed by atoms with Gasteiger partial charge < -0.3 is 25.6 Å². The van der Waals surface area contributed by atoms with E-state index < -0.39 is 28.9 Å². The Hall–Kier alpha value is -4.60. The summed E-state index contributed by atoms with van der Waals surface area (Å²) < 4.78 is 53.1. The van der Waals surface area contributed by atoms with Crippen molar-refractivity contribution in [1.29, 1.82) is 0 Å². The molecule has 3 atom stereocenters. The number of phenols is 1. The molecule has 12 heteroatoms. The molecule has 250 valence electrons. The van der Waals surface area contributed by atoms with E-state index in [2.05, 4.69) is 20.8 Å². The van der Waals surface area contributed by atoms with Crippen molar-refractivity contribution in [1.82, 2.24) is 14.9 Å². The predicted octanol–water partition coefficient (Wildman–Crippen LogP) is 3.43.